The summed E-state index contributed by atoms with van der Waals surface area (Å²) in [5, 5.41) is 6.28. The molecule has 0 aromatic heterocycles. The predicted octanol–water partition coefficient (Wildman–Crippen LogP) is 2.16. The van der Waals surface area contributed by atoms with Crippen LogP contribution in [-0.4, -0.2) is 56.1 Å². The molecule has 3 amide bonds. The Kier molecular flexibility index (Phi) is 5.44. The number of carbonyl (C=O) groups excluding carboxylic acids is 2. The van der Waals surface area contributed by atoms with Gasteiger partial charge in [-0.25, -0.2) is 4.79 Å². The minimum absolute atomic E-state index is 0. The van der Waals surface area contributed by atoms with Crippen molar-refractivity contribution in [2.75, 3.05) is 44.2 Å². The largest absolute Gasteiger partial charge is 0.339 e. The molecule has 4 rings (SSSR count). The van der Waals surface area contributed by atoms with Crippen LogP contribution in [0.15, 0.2) is 18.2 Å². The quantitative estimate of drug-likeness (QED) is 0.828. The van der Waals surface area contributed by atoms with Gasteiger partial charge in [0.1, 0.15) is 0 Å². The van der Waals surface area contributed by atoms with E-state index in [1.54, 1.807) is 4.90 Å². The summed E-state index contributed by atoms with van der Waals surface area (Å²) in [5.74, 6) is 0.0970. The van der Waals surface area contributed by atoms with Gasteiger partial charge in [-0.2, -0.15) is 0 Å². The number of carbonyl (C=O) groups is 2. The van der Waals surface area contributed by atoms with Crippen molar-refractivity contribution in [3.63, 3.8) is 0 Å². The Morgan fingerprint density at radius 1 is 1.12 bits per heavy atom. The minimum Gasteiger partial charge on any atom is -0.339 e. The number of nitrogens with zero attached hydrogens (tertiary/aromatic N) is 2. The van der Waals surface area contributed by atoms with E-state index in [1.165, 1.54) is 6.42 Å². The molecular weight excluding hydrogens is 352 g/mol. The smallest absolute Gasteiger partial charge is 0.322 e. The van der Waals surface area contributed by atoms with Crippen molar-refractivity contribution in [2.24, 2.45) is 5.41 Å². The Bertz CT molecular complexity index is 693. The van der Waals surface area contributed by atoms with Crippen molar-refractivity contribution in [3.8, 4) is 0 Å². The Morgan fingerprint density at radius 3 is 2.50 bits per heavy atom. The number of likely N-dealkylation sites (tertiary alicyclic amines) is 1. The third-order valence-electron chi connectivity index (χ3n) is 6.13. The molecule has 0 atom stereocenters. The van der Waals surface area contributed by atoms with Crippen molar-refractivity contribution in [1.29, 1.82) is 0 Å². The molecular formula is C19H27ClN4O2. The first kappa shape index (κ1) is 19.0. The van der Waals surface area contributed by atoms with E-state index in [4.69, 9.17) is 0 Å². The highest BCUT2D eigenvalue weighted by Crippen LogP contribution is 2.37. The fourth-order valence-electron chi connectivity index (χ4n) is 4.43. The van der Waals surface area contributed by atoms with Crippen LogP contribution in [0.25, 0.3) is 0 Å². The number of benzene rings is 1. The predicted molar refractivity (Wildman–Crippen MR) is 104 cm³/mol. The van der Waals surface area contributed by atoms with E-state index in [1.807, 2.05) is 30.0 Å². The van der Waals surface area contributed by atoms with Gasteiger partial charge >= 0.3 is 6.03 Å². The second-order valence-corrected chi connectivity index (χ2v) is 7.55. The van der Waals surface area contributed by atoms with Crippen LogP contribution in [0.1, 0.15) is 35.2 Å². The molecule has 1 aromatic carbocycles. The maximum atomic E-state index is 13.1. The summed E-state index contributed by atoms with van der Waals surface area (Å²) in [7, 11) is 0. The lowest BCUT2D eigenvalue weighted by atomic mass is 9.77. The highest BCUT2D eigenvalue weighted by atomic mass is 35.5. The Morgan fingerprint density at radius 2 is 1.88 bits per heavy atom. The zero-order chi connectivity index (χ0) is 17.4. The molecule has 26 heavy (non-hydrogen) atoms. The van der Waals surface area contributed by atoms with Crippen molar-refractivity contribution in [2.45, 2.75) is 26.2 Å². The Labute approximate surface area is 160 Å². The topological polar surface area (TPSA) is 64.7 Å². The van der Waals surface area contributed by atoms with Crippen molar-refractivity contribution < 1.29 is 9.59 Å². The fourth-order valence-corrected chi connectivity index (χ4v) is 4.43. The summed E-state index contributed by atoms with van der Waals surface area (Å²) < 4.78 is 0. The van der Waals surface area contributed by atoms with E-state index in [0.29, 0.717) is 18.5 Å². The lowest BCUT2D eigenvalue weighted by Crippen LogP contribution is -2.44. The summed E-state index contributed by atoms with van der Waals surface area (Å²) in [5.41, 5.74) is 2.86. The third kappa shape index (κ3) is 3.28. The molecule has 0 radical (unpaired) electrons. The molecule has 0 aliphatic carbocycles. The summed E-state index contributed by atoms with van der Waals surface area (Å²) in [6.07, 6.45) is 3.39. The van der Waals surface area contributed by atoms with Gasteiger partial charge in [-0.1, -0.05) is 6.07 Å². The van der Waals surface area contributed by atoms with Gasteiger partial charge in [-0.05, 0) is 55.8 Å². The van der Waals surface area contributed by atoms with Gasteiger partial charge in [0.05, 0.1) is 0 Å². The van der Waals surface area contributed by atoms with Crippen molar-refractivity contribution in [1.82, 2.24) is 15.5 Å². The molecule has 1 aromatic rings. The van der Waals surface area contributed by atoms with Gasteiger partial charge in [0.2, 0.25) is 0 Å². The molecule has 7 heteroatoms. The van der Waals surface area contributed by atoms with Crippen LogP contribution in [-0.2, 0) is 0 Å². The zero-order valence-corrected chi connectivity index (χ0v) is 16.0. The summed E-state index contributed by atoms with van der Waals surface area (Å²) in [6.45, 7) is 7.10. The molecule has 3 saturated heterocycles. The third-order valence-corrected chi connectivity index (χ3v) is 6.13. The molecule has 3 aliphatic heterocycles. The van der Waals surface area contributed by atoms with E-state index in [2.05, 4.69) is 10.6 Å². The van der Waals surface area contributed by atoms with Crippen LogP contribution in [0.5, 0.6) is 0 Å². The number of rotatable bonds is 2. The van der Waals surface area contributed by atoms with Gasteiger partial charge < -0.3 is 15.5 Å². The molecule has 0 unspecified atom stereocenters. The average molecular weight is 379 g/mol. The standard InChI is InChI=1S/C19H26N4O2.ClH/c1-14-15(3-2-4-16(14)23-12-9-21-18(23)25)17(24)22-10-6-19(7-11-22)5-8-20-13-19;/h2-4,20H,5-13H2,1H3,(H,21,25);1H. The second-order valence-electron chi connectivity index (χ2n) is 7.55. The van der Waals surface area contributed by atoms with E-state index >= 15 is 0 Å². The van der Waals surface area contributed by atoms with Gasteiger partial charge in [0.25, 0.3) is 5.91 Å². The number of amides is 3. The molecule has 3 heterocycles. The van der Waals surface area contributed by atoms with Crippen molar-refractivity contribution in [3.05, 3.63) is 29.3 Å². The first-order valence-electron chi connectivity index (χ1n) is 9.25. The number of piperidine rings is 1. The van der Waals surface area contributed by atoms with Gasteiger partial charge in [-0.3, -0.25) is 9.69 Å². The van der Waals surface area contributed by atoms with Crippen molar-refractivity contribution >= 4 is 30.0 Å². The molecule has 142 valence electrons. The summed E-state index contributed by atoms with van der Waals surface area (Å²) in [4.78, 5) is 28.7. The van der Waals surface area contributed by atoms with E-state index < -0.39 is 0 Å². The Balaban J connectivity index is 0.00000196. The van der Waals surface area contributed by atoms with Gasteiger partial charge in [-0.15, -0.1) is 12.4 Å². The summed E-state index contributed by atoms with van der Waals surface area (Å²) >= 11 is 0. The number of nitrogens with one attached hydrogen (secondary N) is 2. The maximum Gasteiger partial charge on any atom is 0.322 e. The number of halogens is 1. The zero-order valence-electron chi connectivity index (χ0n) is 15.2. The molecule has 0 saturated carbocycles. The first-order valence-corrected chi connectivity index (χ1v) is 9.25. The molecule has 6 nitrogen and oxygen atoms in total. The number of urea groups is 1. The van der Waals surface area contributed by atoms with E-state index in [0.717, 1.165) is 55.8 Å². The highest BCUT2D eigenvalue weighted by Gasteiger charge is 2.38. The lowest BCUT2D eigenvalue weighted by Gasteiger charge is -2.39. The SMILES string of the molecule is Cc1c(C(=O)N2CCC3(CCNC3)CC2)cccc1N1CCNC1=O.Cl. The second kappa shape index (κ2) is 7.45. The van der Waals surface area contributed by atoms with Crippen LogP contribution < -0.4 is 15.5 Å². The number of anilines is 1. The molecule has 0 bridgehead atoms. The Hall–Kier alpha value is -1.79. The molecule has 2 N–H and O–H groups in total. The molecule has 1 spiro atoms. The highest BCUT2D eigenvalue weighted by molar-refractivity contribution is 6.00. The summed E-state index contributed by atoms with van der Waals surface area (Å²) in [6, 6.07) is 5.61. The van der Waals surface area contributed by atoms with Gasteiger partial charge in [0, 0.05) is 44.0 Å². The number of hydrogen-bond donors (Lipinski definition) is 2. The monoisotopic (exact) mass is 378 g/mol. The molecule has 3 fully saturated rings. The van der Waals surface area contributed by atoms with Crippen LogP contribution >= 0.6 is 12.4 Å². The van der Waals surface area contributed by atoms with Gasteiger partial charge in [0.15, 0.2) is 0 Å². The number of hydrogen-bond acceptors (Lipinski definition) is 3. The first-order chi connectivity index (χ1) is 12.1. The van der Waals surface area contributed by atoms with E-state index in [9.17, 15) is 9.59 Å². The van der Waals surface area contributed by atoms with Crippen LogP contribution in [0, 0.1) is 12.3 Å². The van der Waals surface area contributed by atoms with Crippen LogP contribution in [0.2, 0.25) is 0 Å². The van der Waals surface area contributed by atoms with Crippen LogP contribution in [0.3, 0.4) is 0 Å². The molecule has 3 aliphatic rings. The minimum atomic E-state index is -0.0821. The average Bonchev–Trinajstić information content (AvgIpc) is 3.25. The lowest BCUT2D eigenvalue weighted by molar-refractivity contribution is 0.0607. The fraction of sp³-hybridized carbons (Fsp3) is 0.579. The van der Waals surface area contributed by atoms with Crippen LogP contribution in [0.4, 0.5) is 10.5 Å². The maximum absolute atomic E-state index is 13.1. The van der Waals surface area contributed by atoms with E-state index in [-0.39, 0.29) is 24.3 Å². The normalized spacial score (nSPS) is 21.7.